The number of amides is 1. The van der Waals surface area contributed by atoms with Crippen LogP contribution in [0.25, 0.3) is 0 Å². The number of aliphatic hydroxyl groups excluding tert-OH is 1. The molecule has 21 heavy (non-hydrogen) atoms. The van der Waals surface area contributed by atoms with Gasteiger partial charge in [0.1, 0.15) is 5.15 Å². The first-order valence-electron chi connectivity index (χ1n) is 7.64. The van der Waals surface area contributed by atoms with E-state index in [0.29, 0.717) is 10.7 Å². The van der Waals surface area contributed by atoms with Crippen molar-refractivity contribution in [2.24, 2.45) is 0 Å². The van der Waals surface area contributed by atoms with E-state index in [2.05, 4.69) is 10.3 Å². The van der Waals surface area contributed by atoms with Crippen LogP contribution in [0.4, 0.5) is 0 Å². The molecule has 1 aromatic rings. The van der Waals surface area contributed by atoms with Crippen LogP contribution in [0.5, 0.6) is 0 Å². The minimum absolute atomic E-state index is 0.172. The molecule has 1 amide bonds. The summed E-state index contributed by atoms with van der Waals surface area (Å²) in [4.78, 5) is 16.6. The predicted molar refractivity (Wildman–Crippen MR) is 83.7 cm³/mol. The standard InChI is InChI=1S/C16H23ClN2O2/c1-10(2)13-8-11(9-15(17)18-13)16(21)19-12-6-4-3-5-7-14(12)20/h8-10,12,14,20H,3-7H2,1-2H3,(H,19,21). The normalized spacial score (nSPS) is 22.9. The molecule has 1 aliphatic carbocycles. The molecule has 1 aliphatic rings. The first-order chi connectivity index (χ1) is 9.97. The van der Waals surface area contributed by atoms with Crippen LogP contribution in [0.3, 0.4) is 0 Å². The van der Waals surface area contributed by atoms with Crippen LogP contribution in [-0.2, 0) is 0 Å². The zero-order chi connectivity index (χ0) is 15.4. The van der Waals surface area contributed by atoms with Gasteiger partial charge in [-0.2, -0.15) is 0 Å². The summed E-state index contributed by atoms with van der Waals surface area (Å²) in [6, 6.07) is 3.18. The number of carbonyl (C=O) groups is 1. The number of halogens is 1. The van der Waals surface area contributed by atoms with Crippen molar-refractivity contribution in [3.05, 3.63) is 28.5 Å². The Morgan fingerprint density at radius 3 is 2.76 bits per heavy atom. The van der Waals surface area contributed by atoms with E-state index in [1.54, 1.807) is 12.1 Å². The summed E-state index contributed by atoms with van der Waals surface area (Å²) in [6.07, 6.45) is 4.28. The highest BCUT2D eigenvalue weighted by Crippen LogP contribution is 2.20. The van der Waals surface area contributed by atoms with Crippen LogP contribution in [0, 0.1) is 0 Å². The van der Waals surface area contributed by atoms with Gasteiger partial charge in [0, 0.05) is 11.3 Å². The van der Waals surface area contributed by atoms with Crippen LogP contribution in [0.2, 0.25) is 5.15 Å². The molecule has 2 atom stereocenters. The molecule has 0 radical (unpaired) electrons. The second kappa shape index (κ2) is 7.23. The zero-order valence-electron chi connectivity index (χ0n) is 12.6. The Labute approximate surface area is 130 Å². The smallest absolute Gasteiger partial charge is 0.251 e. The number of carbonyl (C=O) groups excluding carboxylic acids is 1. The van der Waals surface area contributed by atoms with Crippen molar-refractivity contribution in [2.45, 2.75) is 64.0 Å². The topological polar surface area (TPSA) is 62.2 Å². The fourth-order valence-corrected chi connectivity index (χ4v) is 2.87. The van der Waals surface area contributed by atoms with Crippen LogP contribution in [0.1, 0.15) is 67.9 Å². The van der Waals surface area contributed by atoms with Crippen LogP contribution in [-0.4, -0.2) is 28.1 Å². The highest BCUT2D eigenvalue weighted by Gasteiger charge is 2.24. The summed E-state index contributed by atoms with van der Waals surface area (Å²) in [7, 11) is 0. The SMILES string of the molecule is CC(C)c1cc(C(=O)NC2CCCCCC2O)cc(Cl)n1. The number of pyridine rings is 1. The maximum absolute atomic E-state index is 12.4. The van der Waals surface area contributed by atoms with Gasteiger partial charge in [-0.15, -0.1) is 0 Å². The third-order valence-corrected chi connectivity index (χ3v) is 4.16. The van der Waals surface area contributed by atoms with Crippen molar-refractivity contribution in [2.75, 3.05) is 0 Å². The number of hydrogen-bond acceptors (Lipinski definition) is 3. The van der Waals surface area contributed by atoms with Gasteiger partial charge in [0.2, 0.25) is 0 Å². The van der Waals surface area contributed by atoms with Crippen molar-refractivity contribution in [3.8, 4) is 0 Å². The average Bonchev–Trinajstić information content (AvgIpc) is 2.63. The van der Waals surface area contributed by atoms with Crippen molar-refractivity contribution < 1.29 is 9.90 Å². The lowest BCUT2D eigenvalue weighted by molar-refractivity contribution is 0.0818. The van der Waals surface area contributed by atoms with E-state index in [1.165, 1.54) is 0 Å². The zero-order valence-corrected chi connectivity index (χ0v) is 13.4. The lowest BCUT2D eigenvalue weighted by Crippen LogP contribution is -2.42. The molecule has 0 aliphatic heterocycles. The molecule has 116 valence electrons. The second-order valence-electron chi connectivity index (χ2n) is 6.04. The lowest BCUT2D eigenvalue weighted by atomic mass is 10.0. The van der Waals surface area contributed by atoms with Gasteiger partial charge in [-0.3, -0.25) is 4.79 Å². The third-order valence-electron chi connectivity index (χ3n) is 3.96. The molecule has 4 nitrogen and oxygen atoms in total. The Bertz CT molecular complexity index is 505. The number of nitrogens with one attached hydrogen (secondary N) is 1. The maximum Gasteiger partial charge on any atom is 0.251 e. The van der Waals surface area contributed by atoms with E-state index in [9.17, 15) is 9.90 Å². The van der Waals surface area contributed by atoms with Gasteiger partial charge in [-0.1, -0.05) is 44.7 Å². The van der Waals surface area contributed by atoms with Gasteiger partial charge in [0.25, 0.3) is 5.91 Å². The van der Waals surface area contributed by atoms with Gasteiger partial charge in [0.05, 0.1) is 12.1 Å². The van der Waals surface area contributed by atoms with Crippen LogP contribution in [0.15, 0.2) is 12.1 Å². The number of rotatable bonds is 3. The third kappa shape index (κ3) is 4.42. The molecule has 1 aromatic heterocycles. The number of hydrogen-bond donors (Lipinski definition) is 2. The Morgan fingerprint density at radius 1 is 1.33 bits per heavy atom. The fraction of sp³-hybridized carbons (Fsp3) is 0.625. The summed E-state index contributed by atoms with van der Waals surface area (Å²) >= 11 is 6.00. The molecule has 0 spiro atoms. The molecule has 2 N–H and O–H groups in total. The molecule has 1 saturated carbocycles. The minimum atomic E-state index is -0.460. The summed E-state index contributed by atoms with van der Waals surface area (Å²) in [5.74, 6) is 0.0193. The number of nitrogens with zero attached hydrogens (tertiary/aromatic N) is 1. The lowest BCUT2D eigenvalue weighted by Gasteiger charge is -2.22. The molecule has 2 rings (SSSR count). The summed E-state index contributed by atoms with van der Waals surface area (Å²) < 4.78 is 0. The second-order valence-corrected chi connectivity index (χ2v) is 6.43. The highest BCUT2D eigenvalue weighted by atomic mass is 35.5. The fourth-order valence-electron chi connectivity index (χ4n) is 2.65. The van der Waals surface area contributed by atoms with E-state index >= 15 is 0 Å². The van der Waals surface area contributed by atoms with Crippen molar-refractivity contribution >= 4 is 17.5 Å². The van der Waals surface area contributed by atoms with E-state index in [0.717, 1.165) is 37.8 Å². The number of aromatic nitrogens is 1. The molecule has 1 heterocycles. The predicted octanol–water partition coefficient (Wildman–Crippen LogP) is 3.28. The molecular weight excluding hydrogens is 288 g/mol. The van der Waals surface area contributed by atoms with Gasteiger partial charge < -0.3 is 10.4 Å². The molecule has 2 unspecified atom stereocenters. The molecule has 0 aromatic carbocycles. The van der Waals surface area contributed by atoms with Crippen molar-refractivity contribution in [3.63, 3.8) is 0 Å². The summed E-state index contributed by atoms with van der Waals surface area (Å²) in [5, 5.41) is 13.4. The van der Waals surface area contributed by atoms with Gasteiger partial charge in [-0.25, -0.2) is 4.98 Å². The molecular formula is C16H23ClN2O2. The number of aliphatic hydroxyl groups is 1. The van der Waals surface area contributed by atoms with E-state index in [4.69, 9.17) is 11.6 Å². The highest BCUT2D eigenvalue weighted by molar-refractivity contribution is 6.29. The maximum atomic E-state index is 12.4. The van der Waals surface area contributed by atoms with Crippen LogP contribution >= 0.6 is 11.6 Å². The Hall–Kier alpha value is -1.13. The average molecular weight is 311 g/mol. The Kier molecular flexibility index (Phi) is 5.59. The molecule has 5 heteroatoms. The molecule has 1 fully saturated rings. The summed E-state index contributed by atoms with van der Waals surface area (Å²) in [5.41, 5.74) is 1.31. The van der Waals surface area contributed by atoms with E-state index in [-0.39, 0.29) is 17.9 Å². The Morgan fingerprint density at radius 2 is 2.05 bits per heavy atom. The summed E-state index contributed by atoms with van der Waals surface area (Å²) in [6.45, 7) is 4.02. The van der Waals surface area contributed by atoms with E-state index in [1.807, 2.05) is 13.8 Å². The van der Waals surface area contributed by atoms with Gasteiger partial charge in [0.15, 0.2) is 0 Å². The quantitative estimate of drug-likeness (QED) is 0.665. The first kappa shape index (κ1) is 16.2. The molecule has 0 bridgehead atoms. The molecule has 0 saturated heterocycles. The first-order valence-corrected chi connectivity index (χ1v) is 8.01. The largest absolute Gasteiger partial charge is 0.391 e. The minimum Gasteiger partial charge on any atom is -0.391 e. The van der Waals surface area contributed by atoms with Gasteiger partial charge in [-0.05, 0) is 30.9 Å². The van der Waals surface area contributed by atoms with Crippen molar-refractivity contribution in [1.82, 2.24) is 10.3 Å². The van der Waals surface area contributed by atoms with Crippen molar-refractivity contribution in [1.29, 1.82) is 0 Å². The monoisotopic (exact) mass is 310 g/mol. The van der Waals surface area contributed by atoms with E-state index < -0.39 is 6.10 Å². The van der Waals surface area contributed by atoms with Gasteiger partial charge >= 0.3 is 0 Å². The van der Waals surface area contributed by atoms with Crippen LogP contribution < -0.4 is 5.32 Å². The Balaban J connectivity index is 2.12.